The van der Waals surface area contributed by atoms with Crippen LogP contribution < -0.4 is 0 Å². The zero-order valence-electron chi connectivity index (χ0n) is 28.4. The van der Waals surface area contributed by atoms with Gasteiger partial charge in [-0.2, -0.15) is 0 Å². The highest BCUT2D eigenvalue weighted by atomic mass is 15.0. The molecule has 242 valence electrons. The van der Waals surface area contributed by atoms with Gasteiger partial charge in [-0.15, -0.1) is 0 Å². The summed E-state index contributed by atoms with van der Waals surface area (Å²) in [5.41, 5.74) is 12.1. The van der Waals surface area contributed by atoms with Crippen LogP contribution in [0.15, 0.2) is 194 Å². The minimum Gasteiger partial charge on any atom is -0.309 e. The van der Waals surface area contributed by atoms with E-state index in [1.165, 1.54) is 87.4 Å². The van der Waals surface area contributed by atoms with Gasteiger partial charge in [-0.05, 0) is 92.8 Å². The van der Waals surface area contributed by atoms with Crippen LogP contribution in [-0.2, 0) is 0 Å². The van der Waals surface area contributed by atoms with Gasteiger partial charge in [0.25, 0.3) is 0 Å². The summed E-state index contributed by atoms with van der Waals surface area (Å²) in [6, 6.07) is 71.0. The van der Waals surface area contributed by atoms with Gasteiger partial charge >= 0.3 is 0 Å². The number of fused-ring (bicyclic) bond motifs is 9. The van der Waals surface area contributed by atoms with Gasteiger partial charge in [0.15, 0.2) is 0 Å². The molecule has 0 amide bonds. The van der Waals surface area contributed by atoms with Crippen molar-refractivity contribution >= 4 is 65.2 Å². The van der Waals surface area contributed by atoms with Crippen molar-refractivity contribution in [2.24, 2.45) is 0 Å². The Labute approximate surface area is 301 Å². The molecule has 0 saturated carbocycles. The molecule has 0 unspecified atom stereocenters. The SMILES string of the molecule is c1ccc(-c2ccc(-n3c4ccccc4c4cc(-c5c6ccccc6cc6c7c8ccccc8ccc7n(-c7ccccc7)c56)ccc43)cc2)cc1. The van der Waals surface area contributed by atoms with Crippen LogP contribution >= 0.6 is 0 Å². The predicted octanol–water partition coefficient (Wildman–Crippen LogP) is 13.5. The van der Waals surface area contributed by atoms with Gasteiger partial charge in [-0.3, -0.25) is 0 Å². The number of hydrogen-bond donors (Lipinski definition) is 0. The maximum absolute atomic E-state index is 2.49. The van der Waals surface area contributed by atoms with Crippen LogP contribution in [0.5, 0.6) is 0 Å². The van der Waals surface area contributed by atoms with Crippen molar-refractivity contribution in [2.45, 2.75) is 0 Å². The first-order valence-electron chi connectivity index (χ1n) is 17.9. The summed E-state index contributed by atoms with van der Waals surface area (Å²) in [4.78, 5) is 0. The lowest BCUT2D eigenvalue weighted by Crippen LogP contribution is -1.96. The second kappa shape index (κ2) is 11.3. The minimum atomic E-state index is 1.15. The van der Waals surface area contributed by atoms with Crippen LogP contribution in [0.4, 0.5) is 0 Å². The summed E-state index contributed by atoms with van der Waals surface area (Å²) in [6.07, 6.45) is 0. The molecule has 0 aliphatic rings. The van der Waals surface area contributed by atoms with Crippen molar-refractivity contribution in [3.63, 3.8) is 0 Å². The van der Waals surface area contributed by atoms with Gasteiger partial charge in [0.05, 0.1) is 22.1 Å². The topological polar surface area (TPSA) is 9.86 Å². The first kappa shape index (κ1) is 28.9. The lowest BCUT2D eigenvalue weighted by atomic mass is 9.93. The zero-order valence-corrected chi connectivity index (χ0v) is 28.4. The molecular formula is C50H32N2. The largest absolute Gasteiger partial charge is 0.309 e. The molecule has 2 heteroatoms. The van der Waals surface area contributed by atoms with Crippen molar-refractivity contribution in [2.75, 3.05) is 0 Å². The molecular weight excluding hydrogens is 629 g/mol. The fourth-order valence-electron chi connectivity index (χ4n) is 8.59. The first-order valence-corrected chi connectivity index (χ1v) is 17.9. The standard InChI is InChI=1S/C50H32N2/c1-3-13-33(14-4-1)34-23-27-39(28-24-34)51-45-22-12-11-21-42(45)43-32-37(26-29-46(43)51)48-41-20-10-8-16-36(41)31-44-49-40-19-9-7-15-35(40)25-30-47(49)52(50(44)48)38-17-5-2-6-18-38/h1-32H. The molecule has 0 atom stereocenters. The van der Waals surface area contributed by atoms with Gasteiger partial charge in [0, 0.05) is 38.5 Å². The summed E-state index contributed by atoms with van der Waals surface area (Å²) in [7, 11) is 0. The Morgan fingerprint density at radius 2 is 0.865 bits per heavy atom. The lowest BCUT2D eigenvalue weighted by molar-refractivity contribution is 1.18. The highest BCUT2D eigenvalue weighted by molar-refractivity contribution is 6.27. The van der Waals surface area contributed by atoms with Crippen molar-refractivity contribution in [3.05, 3.63) is 194 Å². The number of rotatable bonds is 4. The number of aromatic nitrogens is 2. The fraction of sp³-hybridized carbons (Fsp3) is 0. The maximum Gasteiger partial charge on any atom is 0.0626 e. The third-order valence-corrected chi connectivity index (χ3v) is 10.9. The predicted molar refractivity (Wildman–Crippen MR) is 221 cm³/mol. The molecule has 0 aliphatic carbocycles. The van der Waals surface area contributed by atoms with Gasteiger partial charge in [-0.25, -0.2) is 0 Å². The van der Waals surface area contributed by atoms with Crippen molar-refractivity contribution < 1.29 is 0 Å². The normalized spacial score (nSPS) is 11.8. The molecule has 2 nitrogen and oxygen atoms in total. The van der Waals surface area contributed by atoms with E-state index in [-0.39, 0.29) is 0 Å². The molecule has 9 aromatic carbocycles. The van der Waals surface area contributed by atoms with Gasteiger partial charge in [0.1, 0.15) is 0 Å². The molecule has 0 bridgehead atoms. The van der Waals surface area contributed by atoms with E-state index in [9.17, 15) is 0 Å². The highest BCUT2D eigenvalue weighted by Gasteiger charge is 2.22. The molecule has 0 saturated heterocycles. The lowest BCUT2D eigenvalue weighted by Gasteiger charge is -2.15. The van der Waals surface area contributed by atoms with Gasteiger partial charge in [0.2, 0.25) is 0 Å². The van der Waals surface area contributed by atoms with E-state index in [0.29, 0.717) is 0 Å². The second-order valence-electron chi connectivity index (χ2n) is 13.7. The third kappa shape index (κ3) is 4.25. The number of para-hydroxylation sites is 2. The first-order chi connectivity index (χ1) is 25.8. The quantitative estimate of drug-likeness (QED) is 0.178. The Hall–Kier alpha value is -6.90. The third-order valence-electron chi connectivity index (χ3n) is 10.9. The molecule has 11 rings (SSSR count). The highest BCUT2D eigenvalue weighted by Crippen LogP contribution is 2.46. The summed E-state index contributed by atoms with van der Waals surface area (Å²) in [5, 5.41) is 10.1. The van der Waals surface area contributed by atoms with E-state index < -0.39 is 0 Å². The number of hydrogen-bond acceptors (Lipinski definition) is 0. The van der Waals surface area contributed by atoms with Gasteiger partial charge < -0.3 is 9.13 Å². The summed E-state index contributed by atoms with van der Waals surface area (Å²) >= 11 is 0. The Morgan fingerprint density at radius 3 is 1.67 bits per heavy atom. The molecule has 2 heterocycles. The maximum atomic E-state index is 2.49. The zero-order chi connectivity index (χ0) is 34.2. The van der Waals surface area contributed by atoms with E-state index >= 15 is 0 Å². The summed E-state index contributed by atoms with van der Waals surface area (Å²) in [6.45, 7) is 0. The number of nitrogens with zero attached hydrogens (tertiary/aromatic N) is 2. The van der Waals surface area contributed by atoms with E-state index in [0.717, 1.165) is 11.4 Å². The summed E-state index contributed by atoms with van der Waals surface area (Å²) in [5.74, 6) is 0. The van der Waals surface area contributed by atoms with Crippen LogP contribution in [0, 0.1) is 0 Å². The molecule has 0 N–H and O–H groups in total. The van der Waals surface area contributed by atoms with Crippen LogP contribution in [0.25, 0.3) is 98.8 Å². The minimum absolute atomic E-state index is 1.15. The second-order valence-corrected chi connectivity index (χ2v) is 13.7. The molecule has 52 heavy (non-hydrogen) atoms. The average Bonchev–Trinajstić information content (AvgIpc) is 3.73. The fourth-order valence-corrected chi connectivity index (χ4v) is 8.59. The van der Waals surface area contributed by atoms with E-state index in [4.69, 9.17) is 0 Å². The molecule has 0 spiro atoms. The molecule has 0 fully saturated rings. The summed E-state index contributed by atoms with van der Waals surface area (Å²) < 4.78 is 4.90. The van der Waals surface area contributed by atoms with Crippen LogP contribution in [0.2, 0.25) is 0 Å². The van der Waals surface area contributed by atoms with E-state index in [1.54, 1.807) is 0 Å². The molecule has 0 radical (unpaired) electrons. The monoisotopic (exact) mass is 660 g/mol. The van der Waals surface area contributed by atoms with E-state index in [1.807, 2.05) is 0 Å². The van der Waals surface area contributed by atoms with Gasteiger partial charge in [-0.1, -0.05) is 140 Å². The Balaban J connectivity index is 1.23. The molecule has 2 aromatic heterocycles. The van der Waals surface area contributed by atoms with Crippen molar-refractivity contribution in [1.29, 1.82) is 0 Å². The van der Waals surface area contributed by atoms with Crippen LogP contribution in [0.1, 0.15) is 0 Å². The number of benzene rings is 9. The van der Waals surface area contributed by atoms with Crippen LogP contribution in [0.3, 0.4) is 0 Å². The van der Waals surface area contributed by atoms with Crippen molar-refractivity contribution in [3.8, 4) is 33.6 Å². The van der Waals surface area contributed by atoms with E-state index in [2.05, 4.69) is 203 Å². The van der Waals surface area contributed by atoms with Crippen molar-refractivity contribution in [1.82, 2.24) is 9.13 Å². The Bertz CT molecular complexity index is 3150. The smallest absolute Gasteiger partial charge is 0.0626 e. The van der Waals surface area contributed by atoms with Crippen LogP contribution in [-0.4, -0.2) is 9.13 Å². The molecule has 11 aromatic rings. The average molecular weight is 661 g/mol. The Morgan fingerprint density at radius 1 is 0.288 bits per heavy atom. The Kier molecular flexibility index (Phi) is 6.28. The molecule has 0 aliphatic heterocycles.